The van der Waals surface area contributed by atoms with E-state index in [2.05, 4.69) is 50.7 Å². The van der Waals surface area contributed by atoms with Gasteiger partial charge in [-0.15, -0.1) is 0 Å². The fraction of sp³-hybridized carbons (Fsp3) is 0.643. The average Bonchev–Trinajstić information content (AvgIpc) is 2.56. The van der Waals surface area contributed by atoms with Crippen LogP contribution in [-0.2, 0) is 0 Å². The monoisotopic (exact) mass is 218 g/mol. The molecule has 2 nitrogen and oxygen atoms in total. The average molecular weight is 218 g/mol. The summed E-state index contributed by atoms with van der Waals surface area (Å²) in [6.07, 6.45) is 4.43. The van der Waals surface area contributed by atoms with Gasteiger partial charge < -0.3 is 5.32 Å². The molecule has 1 fully saturated rings. The van der Waals surface area contributed by atoms with E-state index in [4.69, 9.17) is 0 Å². The van der Waals surface area contributed by atoms with Crippen LogP contribution in [0.15, 0.2) is 29.0 Å². The van der Waals surface area contributed by atoms with Crippen LogP contribution in [0.5, 0.6) is 0 Å². The molecule has 0 amide bonds. The molecule has 1 N–H and O–H groups in total. The highest BCUT2D eigenvalue weighted by Gasteiger charge is 2.33. The van der Waals surface area contributed by atoms with E-state index < -0.39 is 0 Å². The minimum Gasteiger partial charge on any atom is -0.362 e. The number of nitrogens with zero attached hydrogens (tertiary/aromatic N) is 1. The molecule has 88 valence electrons. The normalized spacial score (nSPS) is 29.4. The van der Waals surface area contributed by atoms with Crippen LogP contribution in [0.2, 0.25) is 0 Å². The molecule has 0 bridgehead atoms. The number of aliphatic imine (C=N–C) groups is 1. The summed E-state index contributed by atoms with van der Waals surface area (Å²) in [7, 11) is 0. The van der Waals surface area contributed by atoms with Gasteiger partial charge in [-0.25, -0.2) is 0 Å². The van der Waals surface area contributed by atoms with Gasteiger partial charge in [0.1, 0.15) is 0 Å². The molecule has 0 aliphatic carbocycles. The van der Waals surface area contributed by atoms with Gasteiger partial charge in [0.05, 0.1) is 0 Å². The third kappa shape index (κ3) is 1.93. The summed E-state index contributed by atoms with van der Waals surface area (Å²) in [5, 5.41) is 3.39. The number of allylic oxidation sites excluding steroid dienone is 3. The summed E-state index contributed by atoms with van der Waals surface area (Å²) < 4.78 is 0. The number of rotatable bonds is 1. The van der Waals surface area contributed by atoms with E-state index in [0.717, 1.165) is 25.1 Å². The highest BCUT2D eigenvalue weighted by molar-refractivity contribution is 6.00. The zero-order chi connectivity index (χ0) is 12.0. The Morgan fingerprint density at radius 1 is 1.25 bits per heavy atom. The van der Waals surface area contributed by atoms with Crippen molar-refractivity contribution in [1.82, 2.24) is 5.32 Å². The Morgan fingerprint density at radius 2 is 1.94 bits per heavy atom. The summed E-state index contributed by atoms with van der Waals surface area (Å²) in [4.78, 5) is 4.60. The molecular formula is C14H22N2. The quantitative estimate of drug-likeness (QED) is 0.717. The van der Waals surface area contributed by atoms with Crippen molar-refractivity contribution in [3.05, 3.63) is 24.0 Å². The number of hydrogen-bond donors (Lipinski definition) is 1. The minimum atomic E-state index is 0.176. The van der Waals surface area contributed by atoms with E-state index in [0.29, 0.717) is 0 Å². The maximum Gasteiger partial charge on any atom is 0.0422 e. The fourth-order valence-corrected chi connectivity index (χ4v) is 2.28. The number of hydrogen-bond acceptors (Lipinski definition) is 2. The van der Waals surface area contributed by atoms with Crippen LogP contribution < -0.4 is 5.32 Å². The van der Waals surface area contributed by atoms with E-state index >= 15 is 0 Å². The van der Waals surface area contributed by atoms with Gasteiger partial charge in [-0.05, 0) is 18.9 Å². The maximum atomic E-state index is 4.60. The van der Waals surface area contributed by atoms with Crippen molar-refractivity contribution in [3.8, 4) is 0 Å². The lowest BCUT2D eigenvalue weighted by Gasteiger charge is -2.18. The summed E-state index contributed by atoms with van der Waals surface area (Å²) in [6, 6.07) is 0. The third-order valence-corrected chi connectivity index (χ3v) is 3.78. The number of nitrogens with one attached hydrogen (secondary N) is 1. The molecule has 2 aliphatic rings. The molecule has 0 atom stereocenters. The standard InChI is InChI=1S/C14H22N2/c1-10-14(4,5)9-11(16-10)8-12-13(2,3)6-7-15-12/h8,16H,1,6-7,9H2,2-5H3/b11-8+. The maximum absolute atomic E-state index is 4.60. The summed E-state index contributed by atoms with van der Waals surface area (Å²) in [6.45, 7) is 14.0. The first-order valence-corrected chi connectivity index (χ1v) is 6.03. The molecule has 0 aromatic heterocycles. The van der Waals surface area contributed by atoms with Crippen LogP contribution >= 0.6 is 0 Å². The molecule has 2 heteroatoms. The van der Waals surface area contributed by atoms with Gasteiger partial charge in [-0.3, -0.25) is 4.99 Å². The third-order valence-electron chi connectivity index (χ3n) is 3.78. The Labute approximate surface area is 98.5 Å². The Balaban J connectivity index is 2.19. The Hall–Kier alpha value is -1.05. The molecule has 0 saturated carbocycles. The van der Waals surface area contributed by atoms with E-state index in [-0.39, 0.29) is 10.8 Å². The topological polar surface area (TPSA) is 24.4 Å². The molecule has 2 aliphatic heterocycles. The lowest BCUT2D eigenvalue weighted by Crippen LogP contribution is -2.19. The highest BCUT2D eigenvalue weighted by atomic mass is 15.0. The van der Waals surface area contributed by atoms with Crippen molar-refractivity contribution in [2.75, 3.05) is 6.54 Å². The Kier molecular flexibility index (Phi) is 2.48. The summed E-state index contributed by atoms with van der Waals surface area (Å²) in [5.41, 5.74) is 4.04. The van der Waals surface area contributed by atoms with Crippen LogP contribution in [0.25, 0.3) is 0 Å². The molecule has 0 aromatic carbocycles. The molecule has 2 heterocycles. The molecule has 0 unspecified atom stereocenters. The van der Waals surface area contributed by atoms with Crippen molar-refractivity contribution >= 4 is 5.71 Å². The molecule has 0 spiro atoms. The first-order chi connectivity index (χ1) is 7.31. The van der Waals surface area contributed by atoms with Gasteiger partial charge in [0.25, 0.3) is 0 Å². The second-order valence-corrected chi connectivity index (χ2v) is 6.23. The van der Waals surface area contributed by atoms with E-state index in [1.165, 1.54) is 11.4 Å². The lowest BCUT2D eigenvalue weighted by molar-refractivity contribution is 0.479. The minimum absolute atomic E-state index is 0.176. The van der Waals surface area contributed by atoms with Gasteiger partial charge in [0.15, 0.2) is 0 Å². The zero-order valence-electron chi connectivity index (χ0n) is 10.9. The van der Waals surface area contributed by atoms with Crippen LogP contribution in [-0.4, -0.2) is 12.3 Å². The fourth-order valence-electron chi connectivity index (χ4n) is 2.28. The second kappa shape index (κ2) is 3.47. The van der Waals surface area contributed by atoms with Crippen molar-refractivity contribution in [1.29, 1.82) is 0 Å². The molecule has 0 radical (unpaired) electrons. The Bertz CT molecular complexity index is 384. The van der Waals surface area contributed by atoms with Crippen LogP contribution in [0, 0.1) is 10.8 Å². The molecule has 0 aromatic rings. The Morgan fingerprint density at radius 3 is 2.38 bits per heavy atom. The smallest absolute Gasteiger partial charge is 0.0422 e. The molecule has 2 rings (SSSR count). The second-order valence-electron chi connectivity index (χ2n) is 6.23. The van der Waals surface area contributed by atoms with Gasteiger partial charge in [-0.2, -0.15) is 0 Å². The zero-order valence-corrected chi connectivity index (χ0v) is 10.9. The predicted octanol–water partition coefficient (Wildman–Crippen LogP) is 3.27. The van der Waals surface area contributed by atoms with Crippen molar-refractivity contribution in [3.63, 3.8) is 0 Å². The van der Waals surface area contributed by atoms with Crippen LogP contribution in [0.4, 0.5) is 0 Å². The van der Waals surface area contributed by atoms with Crippen molar-refractivity contribution < 1.29 is 0 Å². The largest absolute Gasteiger partial charge is 0.362 e. The van der Waals surface area contributed by atoms with Gasteiger partial charge in [0, 0.05) is 34.5 Å². The highest BCUT2D eigenvalue weighted by Crippen LogP contribution is 2.38. The van der Waals surface area contributed by atoms with Crippen molar-refractivity contribution in [2.45, 2.75) is 40.5 Å². The van der Waals surface area contributed by atoms with Gasteiger partial charge in [-0.1, -0.05) is 34.3 Å². The molecular weight excluding hydrogens is 196 g/mol. The van der Waals surface area contributed by atoms with Crippen LogP contribution in [0.3, 0.4) is 0 Å². The summed E-state index contributed by atoms with van der Waals surface area (Å²) in [5.74, 6) is 0. The summed E-state index contributed by atoms with van der Waals surface area (Å²) >= 11 is 0. The lowest BCUT2D eigenvalue weighted by atomic mass is 9.85. The van der Waals surface area contributed by atoms with E-state index in [1.54, 1.807) is 0 Å². The van der Waals surface area contributed by atoms with E-state index in [1.807, 2.05) is 0 Å². The molecule has 1 saturated heterocycles. The van der Waals surface area contributed by atoms with Gasteiger partial charge >= 0.3 is 0 Å². The SMILES string of the molecule is C=C1N/C(=C/C2=NCCC2(C)C)CC1(C)C. The predicted molar refractivity (Wildman–Crippen MR) is 69.5 cm³/mol. The van der Waals surface area contributed by atoms with Crippen molar-refractivity contribution in [2.24, 2.45) is 15.8 Å². The molecule has 16 heavy (non-hydrogen) atoms. The first-order valence-electron chi connectivity index (χ1n) is 6.03. The van der Waals surface area contributed by atoms with Crippen LogP contribution in [0.1, 0.15) is 40.5 Å². The first kappa shape index (κ1) is 11.4. The van der Waals surface area contributed by atoms with E-state index in [9.17, 15) is 0 Å². The van der Waals surface area contributed by atoms with Gasteiger partial charge in [0.2, 0.25) is 0 Å².